The number of ether oxygens (including phenoxy) is 1. The van der Waals surface area contributed by atoms with Gasteiger partial charge in [0.1, 0.15) is 10.6 Å². The Balaban J connectivity index is 1.99. The molecule has 0 bridgehead atoms. The number of nitrogens with one attached hydrogen (secondary N) is 3. The quantitative estimate of drug-likeness (QED) is 0.507. The van der Waals surface area contributed by atoms with Gasteiger partial charge in [0.15, 0.2) is 9.84 Å². The minimum atomic E-state index is -3.86. The highest BCUT2D eigenvalue weighted by Crippen LogP contribution is 2.27. The lowest BCUT2D eigenvalue weighted by Gasteiger charge is -2.14. The van der Waals surface area contributed by atoms with Crippen LogP contribution in [0.4, 0.5) is 5.69 Å². The second-order valence-electron chi connectivity index (χ2n) is 6.00. The van der Waals surface area contributed by atoms with Gasteiger partial charge in [-0.25, -0.2) is 21.6 Å². The number of hydrogen-bond acceptors (Lipinski definition) is 7. The minimum Gasteiger partial charge on any atom is -0.495 e. The summed E-state index contributed by atoms with van der Waals surface area (Å²) in [6.45, 7) is 1.71. The molecule has 1 aromatic rings. The molecule has 1 amide bonds. The van der Waals surface area contributed by atoms with Crippen molar-refractivity contribution in [2.75, 3.05) is 37.0 Å². The van der Waals surface area contributed by atoms with E-state index >= 15 is 0 Å². The normalized spacial score (nSPS) is 19.2. The fourth-order valence-electron chi connectivity index (χ4n) is 2.66. The third-order valence-electron chi connectivity index (χ3n) is 3.86. The number of sulfone groups is 1. The summed E-state index contributed by atoms with van der Waals surface area (Å²) in [5.41, 5.74) is 0.341. The van der Waals surface area contributed by atoms with Crippen LogP contribution in [0.25, 0.3) is 0 Å². The van der Waals surface area contributed by atoms with Crippen molar-refractivity contribution in [3.05, 3.63) is 18.2 Å². The molecule has 1 saturated heterocycles. The molecule has 0 spiro atoms. The second-order valence-corrected chi connectivity index (χ2v) is 9.96. The van der Waals surface area contributed by atoms with Crippen molar-refractivity contribution in [2.24, 2.45) is 0 Å². The van der Waals surface area contributed by atoms with Crippen LogP contribution in [0.1, 0.15) is 13.3 Å². The molecule has 26 heavy (non-hydrogen) atoms. The number of sulfonamides is 1. The highest BCUT2D eigenvalue weighted by molar-refractivity contribution is 7.91. The van der Waals surface area contributed by atoms with E-state index in [9.17, 15) is 21.6 Å². The van der Waals surface area contributed by atoms with Crippen molar-refractivity contribution in [1.29, 1.82) is 0 Å². The van der Waals surface area contributed by atoms with E-state index in [-0.39, 0.29) is 40.6 Å². The second kappa shape index (κ2) is 8.33. The maximum absolute atomic E-state index is 12.5. The number of amides is 1. The molecule has 146 valence electrons. The van der Waals surface area contributed by atoms with Crippen LogP contribution in [-0.2, 0) is 24.7 Å². The number of rotatable bonds is 8. The van der Waals surface area contributed by atoms with E-state index in [1.165, 1.54) is 26.2 Å². The SMILES string of the molecule is COc1ccc(NC(C)=O)cc1S(=O)(=O)NCCN[C@@H]1CCS(=O)(=O)C1. The van der Waals surface area contributed by atoms with Crippen LogP contribution < -0.4 is 20.1 Å². The summed E-state index contributed by atoms with van der Waals surface area (Å²) in [6.07, 6.45) is 0.529. The minimum absolute atomic E-state index is 0.0757. The molecular weight excluding hydrogens is 382 g/mol. The first-order valence-corrected chi connectivity index (χ1v) is 11.3. The number of carbonyl (C=O) groups is 1. The summed E-state index contributed by atoms with van der Waals surface area (Å²) in [5.74, 6) is 0.0687. The molecule has 3 N–H and O–H groups in total. The van der Waals surface area contributed by atoms with Gasteiger partial charge in [0.05, 0.1) is 18.6 Å². The first-order chi connectivity index (χ1) is 12.1. The predicted octanol–water partition coefficient (Wildman–Crippen LogP) is -0.291. The van der Waals surface area contributed by atoms with E-state index in [4.69, 9.17) is 4.74 Å². The molecular formula is C15H23N3O6S2. The third kappa shape index (κ3) is 5.66. The fourth-order valence-corrected chi connectivity index (χ4v) is 5.60. The van der Waals surface area contributed by atoms with Gasteiger partial charge in [0, 0.05) is 31.7 Å². The van der Waals surface area contributed by atoms with E-state index < -0.39 is 19.9 Å². The van der Waals surface area contributed by atoms with Gasteiger partial charge >= 0.3 is 0 Å². The Hall–Kier alpha value is -1.69. The molecule has 1 atom stereocenters. The lowest BCUT2D eigenvalue weighted by Crippen LogP contribution is -2.37. The molecule has 1 heterocycles. The van der Waals surface area contributed by atoms with Gasteiger partial charge in [-0.1, -0.05) is 0 Å². The Morgan fingerprint density at radius 2 is 2.04 bits per heavy atom. The lowest BCUT2D eigenvalue weighted by atomic mass is 10.3. The van der Waals surface area contributed by atoms with Gasteiger partial charge in [0.2, 0.25) is 15.9 Å². The largest absolute Gasteiger partial charge is 0.495 e. The van der Waals surface area contributed by atoms with Crippen molar-refractivity contribution < 1.29 is 26.4 Å². The summed E-state index contributed by atoms with van der Waals surface area (Å²) in [7, 11) is -5.49. The fraction of sp³-hybridized carbons (Fsp3) is 0.533. The zero-order chi connectivity index (χ0) is 19.4. The molecule has 11 heteroatoms. The Morgan fingerprint density at radius 3 is 2.62 bits per heavy atom. The van der Waals surface area contributed by atoms with Crippen LogP contribution in [-0.4, -0.2) is 60.5 Å². The van der Waals surface area contributed by atoms with E-state index in [2.05, 4.69) is 15.4 Å². The summed E-state index contributed by atoms with van der Waals surface area (Å²) >= 11 is 0. The van der Waals surface area contributed by atoms with E-state index in [1.54, 1.807) is 6.07 Å². The lowest BCUT2D eigenvalue weighted by molar-refractivity contribution is -0.114. The van der Waals surface area contributed by atoms with E-state index in [1.807, 2.05) is 0 Å². The van der Waals surface area contributed by atoms with Crippen molar-refractivity contribution in [3.63, 3.8) is 0 Å². The monoisotopic (exact) mass is 405 g/mol. The van der Waals surface area contributed by atoms with Gasteiger partial charge < -0.3 is 15.4 Å². The van der Waals surface area contributed by atoms with E-state index in [0.29, 0.717) is 18.7 Å². The highest BCUT2D eigenvalue weighted by atomic mass is 32.2. The number of hydrogen-bond donors (Lipinski definition) is 3. The van der Waals surface area contributed by atoms with Crippen LogP contribution in [0.15, 0.2) is 23.1 Å². The summed E-state index contributed by atoms with van der Waals surface area (Å²) < 4.78 is 55.4. The third-order valence-corrected chi connectivity index (χ3v) is 7.11. The molecule has 0 aliphatic carbocycles. The van der Waals surface area contributed by atoms with Crippen LogP contribution >= 0.6 is 0 Å². The van der Waals surface area contributed by atoms with Crippen molar-refractivity contribution in [2.45, 2.75) is 24.3 Å². The van der Waals surface area contributed by atoms with Gasteiger partial charge in [-0.2, -0.15) is 0 Å². The van der Waals surface area contributed by atoms with Crippen LogP contribution in [0.5, 0.6) is 5.75 Å². The first-order valence-electron chi connectivity index (χ1n) is 8.02. The molecule has 0 aromatic heterocycles. The maximum Gasteiger partial charge on any atom is 0.244 e. The number of methoxy groups -OCH3 is 1. The van der Waals surface area contributed by atoms with Gasteiger partial charge in [-0.05, 0) is 24.6 Å². The summed E-state index contributed by atoms with van der Waals surface area (Å²) in [6, 6.07) is 4.17. The Bertz CT molecular complexity index is 867. The molecule has 1 aromatic carbocycles. The summed E-state index contributed by atoms with van der Waals surface area (Å²) in [5, 5.41) is 5.56. The zero-order valence-corrected chi connectivity index (χ0v) is 16.2. The molecule has 1 aliphatic rings. The number of benzene rings is 1. The molecule has 1 aliphatic heterocycles. The van der Waals surface area contributed by atoms with Crippen molar-refractivity contribution >= 4 is 31.5 Å². The average molecular weight is 405 g/mol. The standard InChI is InChI=1S/C15H23N3O6S2/c1-11(19)18-12-3-4-14(24-2)15(9-12)26(22,23)17-7-6-16-13-5-8-25(20,21)10-13/h3-4,9,13,16-17H,5-8,10H2,1-2H3,(H,18,19)/t13-/m1/s1. The molecule has 9 nitrogen and oxygen atoms in total. The van der Waals surface area contributed by atoms with Gasteiger partial charge in [-0.15, -0.1) is 0 Å². The van der Waals surface area contributed by atoms with Gasteiger partial charge in [-0.3, -0.25) is 4.79 Å². The zero-order valence-electron chi connectivity index (χ0n) is 14.6. The average Bonchev–Trinajstić information content (AvgIpc) is 2.90. The molecule has 0 unspecified atom stereocenters. The van der Waals surface area contributed by atoms with Crippen molar-refractivity contribution in [3.8, 4) is 5.75 Å². The Labute approximate surface area is 153 Å². The molecule has 0 saturated carbocycles. The first kappa shape index (κ1) is 20.6. The Kier molecular flexibility index (Phi) is 6.61. The maximum atomic E-state index is 12.5. The topological polar surface area (TPSA) is 131 Å². The smallest absolute Gasteiger partial charge is 0.244 e. The predicted molar refractivity (Wildman–Crippen MR) is 97.5 cm³/mol. The molecule has 0 radical (unpaired) electrons. The summed E-state index contributed by atoms with van der Waals surface area (Å²) in [4.78, 5) is 11.1. The van der Waals surface area contributed by atoms with E-state index in [0.717, 1.165) is 0 Å². The van der Waals surface area contributed by atoms with Crippen molar-refractivity contribution in [1.82, 2.24) is 10.0 Å². The molecule has 1 fully saturated rings. The van der Waals surface area contributed by atoms with Crippen LogP contribution in [0, 0.1) is 0 Å². The van der Waals surface area contributed by atoms with Crippen LogP contribution in [0.2, 0.25) is 0 Å². The molecule has 2 rings (SSSR count). The highest BCUT2D eigenvalue weighted by Gasteiger charge is 2.27. The Morgan fingerprint density at radius 1 is 1.31 bits per heavy atom. The van der Waals surface area contributed by atoms with Crippen LogP contribution in [0.3, 0.4) is 0 Å². The number of anilines is 1. The number of carbonyl (C=O) groups excluding carboxylic acids is 1. The van der Waals surface area contributed by atoms with Gasteiger partial charge in [0.25, 0.3) is 0 Å².